The maximum absolute atomic E-state index is 5.37. The van der Waals surface area contributed by atoms with Crippen LogP contribution in [0.2, 0.25) is 0 Å². The van der Waals surface area contributed by atoms with Crippen LogP contribution in [0.5, 0.6) is 0 Å². The van der Waals surface area contributed by atoms with Gasteiger partial charge in [-0.1, -0.05) is 22.2 Å². The molecule has 58 valence electrons. The highest BCUT2D eigenvalue weighted by atomic mass is 31.0. The number of ether oxygens (including phenoxy) is 2. The summed E-state index contributed by atoms with van der Waals surface area (Å²) in [6.07, 6.45) is 1.97. The van der Waals surface area contributed by atoms with Crippen molar-refractivity contribution in [2.24, 2.45) is 5.92 Å². The molecule has 0 aromatic carbocycles. The summed E-state index contributed by atoms with van der Waals surface area (Å²) in [5, 5.41) is 0. The molecule has 1 fully saturated rings. The van der Waals surface area contributed by atoms with Crippen LogP contribution in [0.15, 0.2) is 12.7 Å². The normalized spacial score (nSPS) is 41.2. The summed E-state index contributed by atoms with van der Waals surface area (Å²) in [5.41, 5.74) is 0. The lowest BCUT2D eigenvalue weighted by atomic mass is 10.1. The Hall–Kier alpha value is 0.0900. The Balaban J connectivity index is 2.45. The van der Waals surface area contributed by atoms with Crippen LogP contribution in [-0.2, 0) is 9.47 Å². The SMILES string of the molecule is C=C[C@H]1O[C@@H](P)OC[C@@H]1C. The average Bonchev–Trinajstić information content (AvgIpc) is 1.94. The summed E-state index contributed by atoms with van der Waals surface area (Å²) in [5.74, 6) is 0.425. The largest absolute Gasteiger partial charge is 0.349 e. The van der Waals surface area contributed by atoms with Crippen LogP contribution in [0.1, 0.15) is 6.92 Å². The minimum atomic E-state index is -0.154. The summed E-state index contributed by atoms with van der Waals surface area (Å²) in [4.78, 5) is 0. The van der Waals surface area contributed by atoms with Gasteiger partial charge in [0.1, 0.15) is 0 Å². The van der Waals surface area contributed by atoms with E-state index in [4.69, 9.17) is 9.47 Å². The van der Waals surface area contributed by atoms with Gasteiger partial charge in [-0.05, 0) is 0 Å². The van der Waals surface area contributed by atoms with Crippen LogP contribution in [0, 0.1) is 5.92 Å². The van der Waals surface area contributed by atoms with Crippen LogP contribution in [0.3, 0.4) is 0 Å². The summed E-state index contributed by atoms with van der Waals surface area (Å²) in [7, 11) is 2.48. The van der Waals surface area contributed by atoms with Crippen molar-refractivity contribution in [3.8, 4) is 0 Å². The smallest absolute Gasteiger partial charge is 0.171 e. The van der Waals surface area contributed by atoms with E-state index in [1.807, 2.05) is 6.08 Å². The van der Waals surface area contributed by atoms with Crippen molar-refractivity contribution < 1.29 is 9.47 Å². The van der Waals surface area contributed by atoms with Gasteiger partial charge in [-0.25, -0.2) is 0 Å². The van der Waals surface area contributed by atoms with Crippen LogP contribution in [0.25, 0.3) is 0 Å². The summed E-state index contributed by atoms with van der Waals surface area (Å²) < 4.78 is 10.6. The Kier molecular flexibility index (Phi) is 2.84. The molecule has 1 rings (SSSR count). The van der Waals surface area contributed by atoms with Crippen LogP contribution < -0.4 is 0 Å². The predicted molar refractivity (Wildman–Crippen MR) is 43.7 cm³/mol. The second-order valence-electron chi connectivity index (χ2n) is 2.52. The molecule has 0 aliphatic carbocycles. The number of hydrogen-bond donors (Lipinski definition) is 0. The van der Waals surface area contributed by atoms with Crippen molar-refractivity contribution in [2.45, 2.75) is 19.1 Å². The van der Waals surface area contributed by atoms with Crippen molar-refractivity contribution in [1.82, 2.24) is 0 Å². The molecule has 0 aromatic rings. The van der Waals surface area contributed by atoms with Gasteiger partial charge in [0.2, 0.25) is 0 Å². The number of hydrogen-bond acceptors (Lipinski definition) is 2. The monoisotopic (exact) mass is 160 g/mol. The Morgan fingerprint density at radius 1 is 1.70 bits per heavy atom. The van der Waals surface area contributed by atoms with E-state index >= 15 is 0 Å². The van der Waals surface area contributed by atoms with E-state index < -0.39 is 0 Å². The second-order valence-corrected chi connectivity index (χ2v) is 3.06. The van der Waals surface area contributed by atoms with Gasteiger partial charge in [-0.3, -0.25) is 0 Å². The van der Waals surface area contributed by atoms with Gasteiger partial charge in [-0.2, -0.15) is 0 Å². The van der Waals surface area contributed by atoms with Crippen molar-refractivity contribution in [3.05, 3.63) is 12.7 Å². The zero-order valence-corrected chi connectivity index (χ0v) is 7.27. The molecule has 10 heavy (non-hydrogen) atoms. The minimum absolute atomic E-state index is 0.149. The van der Waals surface area contributed by atoms with Gasteiger partial charge in [0.15, 0.2) is 6.03 Å². The van der Waals surface area contributed by atoms with E-state index in [-0.39, 0.29) is 12.1 Å². The molecule has 0 saturated carbocycles. The van der Waals surface area contributed by atoms with Gasteiger partial charge in [0.05, 0.1) is 12.7 Å². The lowest BCUT2D eigenvalue weighted by molar-refractivity contribution is -0.173. The zero-order valence-electron chi connectivity index (χ0n) is 6.12. The van der Waals surface area contributed by atoms with Gasteiger partial charge in [0, 0.05) is 5.92 Å². The van der Waals surface area contributed by atoms with Crippen molar-refractivity contribution >= 4 is 9.24 Å². The van der Waals surface area contributed by atoms with Gasteiger partial charge >= 0.3 is 0 Å². The fourth-order valence-corrected chi connectivity index (χ4v) is 1.25. The molecule has 1 aliphatic heterocycles. The van der Waals surface area contributed by atoms with E-state index in [0.717, 1.165) is 6.61 Å². The van der Waals surface area contributed by atoms with Gasteiger partial charge in [0.25, 0.3) is 0 Å². The summed E-state index contributed by atoms with van der Waals surface area (Å²) in [6, 6.07) is -0.154. The highest BCUT2D eigenvalue weighted by Crippen LogP contribution is 2.21. The minimum Gasteiger partial charge on any atom is -0.349 e. The highest BCUT2D eigenvalue weighted by Gasteiger charge is 2.23. The molecule has 4 atom stereocenters. The molecule has 0 amide bonds. The molecule has 1 heterocycles. The fraction of sp³-hybridized carbons (Fsp3) is 0.714. The Bertz CT molecular complexity index is 127. The van der Waals surface area contributed by atoms with Crippen LogP contribution in [-0.4, -0.2) is 18.7 Å². The molecule has 1 aliphatic rings. The standard InChI is InChI=1S/C7H13O2P/c1-3-6-5(2)4-8-7(10)9-6/h3,5-7H,1,4,10H2,2H3/t5-,6+,7-/m0/s1. The van der Waals surface area contributed by atoms with E-state index in [1.54, 1.807) is 0 Å². The van der Waals surface area contributed by atoms with E-state index in [0.29, 0.717) is 5.92 Å². The lowest BCUT2D eigenvalue weighted by Crippen LogP contribution is -2.34. The highest BCUT2D eigenvalue weighted by molar-refractivity contribution is 7.16. The van der Waals surface area contributed by atoms with E-state index in [9.17, 15) is 0 Å². The first-order chi connectivity index (χ1) is 4.74. The third kappa shape index (κ3) is 1.79. The first-order valence-electron chi connectivity index (χ1n) is 3.39. The molecule has 0 aromatic heterocycles. The zero-order chi connectivity index (χ0) is 7.56. The first kappa shape index (κ1) is 8.19. The second kappa shape index (κ2) is 3.47. The molecule has 1 unspecified atom stereocenters. The molecule has 3 heteroatoms. The van der Waals surface area contributed by atoms with Crippen LogP contribution >= 0.6 is 9.24 Å². The molecular formula is C7H13O2P. The summed E-state index contributed by atoms with van der Waals surface area (Å²) in [6.45, 7) is 6.52. The average molecular weight is 160 g/mol. The first-order valence-corrected chi connectivity index (χ1v) is 4.06. The topological polar surface area (TPSA) is 18.5 Å². The lowest BCUT2D eigenvalue weighted by Gasteiger charge is -2.30. The summed E-state index contributed by atoms with van der Waals surface area (Å²) >= 11 is 0. The Labute approximate surface area is 63.8 Å². The molecule has 1 saturated heterocycles. The van der Waals surface area contributed by atoms with Crippen molar-refractivity contribution in [3.63, 3.8) is 0 Å². The molecule has 2 nitrogen and oxygen atoms in total. The van der Waals surface area contributed by atoms with E-state index in [1.165, 1.54) is 0 Å². The predicted octanol–water partition coefficient (Wildman–Crippen LogP) is 1.38. The third-order valence-electron chi connectivity index (χ3n) is 1.61. The van der Waals surface area contributed by atoms with Crippen molar-refractivity contribution in [1.29, 1.82) is 0 Å². The number of rotatable bonds is 1. The molecule has 0 N–H and O–H groups in total. The Morgan fingerprint density at radius 3 is 2.90 bits per heavy atom. The maximum atomic E-state index is 5.37. The quantitative estimate of drug-likeness (QED) is 0.426. The molecule has 0 bridgehead atoms. The Morgan fingerprint density at radius 2 is 2.40 bits per heavy atom. The van der Waals surface area contributed by atoms with Gasteiger partial charge in [-0.15, -0.1) is 6.58 Å². The van der Waals surface area contributed by atoms with Crippen molar-refractivity contribution in [2.75, 3.05) is 6.61 Å². The maximum Gasteiger partial charge on any atom is 0.171 e. The third-order valence-corrected chi connectivity index (χ3v) is 1.96. The fourth-order valence-electron chi connectivity index (χ4n) is 0.958. The molecule has 0 radical (unpaired) electrons. The molecule has 0 spiro atoms. The van der Waals surface area contributed by atoms with Gasteiger partial charge < -0.3 is 9.47 Å². The molecular weight excluding hydrogens is 147 g/mol. The van der Waals surface area contributed by atoms with Crippen LogP contribution in [0.4, 0.5) is 0 Å². The van der Waals surface area contributed by atoms with E-state index in [2.05, 4.69) is 22.7 Å².